The van der Waals surface area contributed by atoms with Crippen LogP contribution in [0.1, 0.15) is 45.2 Å². The SMILES string of the molecule is CCOc1ccc(CCN(CCC(=O)O)C(=O)c2ccccc2-c2ccccc2C(=O)NCc2ccccc2F)cc1OC. The summed E-state index contributed by atoms with van der Waals surface area (Å²) in [5.74, 6) is -1.02. The molecule has 0 aliphatic rings. The van der Waals surface area contributed by atoms with Gasteiger partial charge in [0.15, 0.2) is 11.5 Å². The monoisotopic (exact) mass is 598 g/mol. The molecule has 0 atom stereocenters. The van der Waals surface area contributed by atoms with E-state index in [0.717, 1.165) is 5.56 Å². The van der Waals surface area contributed by atoms with E-state index in [9.17, 15) is 23.9 Å². The van der Waals surface area contributed by atoms with E-state index in [0.29, 0.717) is 52.3 Å². The van der Waals surface area contributed by atoms with Crippen LogP contribution >= 0.6 is 0 Å². The molecular formula is C35H35FN2O6. The van der Waals surface area contributed by atoms with Crippen molar-refractivity contribution in [2.24, 2.45) is 0 Å². The fourth-order valence-electron chi connectivity index (χ4n) is 4.86. The molecule has 0 aromatic heterocycles. The Bertz CT molecular complexity index is 1620. The Morgan fingerprint density at radius 3 is 2.18 bits per heavy atom. The number of nitrogens with one attached hydrogen (secondary N) is 1. The Hall–Kier alpha value is -5.18. The minimum Gasteiger partial charge on any atom is -0.493 e. The molecule has 0 radical (unpaired) electrons. The van der Waals surface area contributed by atoms with E-state index in [2.05, 4.69) is 5.32 Å². The first-order valence-electron chi connectivity index (χ1n) is 14.3. The zero-order valence-corrected chi connectivity index (χ0v) is 24.7. The first-order valence-corrected chi connectivity index (χ1v) is 14.3. The molecular weight excluding hydrogens is 563 g/mol. The third-order valence-corrected chi connectivity index (χ3v) is 7.10. The van der Waals surface area contributed by atoms with E-state index in [1.165, 1.54) is 11.0 Å². The summed E-state index contributed by atoms with van der Waals surface area (Å²) < 4.78 is 25.2. The second-order valence-corrected chi connectivity index (χ2v) is 9.97. The van der Waals surface area contributed by atoms with E-state index in [1.807, 2.05) is 25.1 Å². The van der Waals surface area contributed by atoms with Crippen molar-refractivity contribution >= 4 is 17.8 Å². The third kappa shape index (κ3) is 8.01. The molecule has 0 aliphatic heterocycles. The maximum absolute atomic E-state index is 14.1. The number of carboxylic acids is 1. The molecule has 2 N–H and O–H groups in total. The van der Waals surface area contributed by atoms with Crippen LogP contribution in [0.2, 0.25) is 0 Å². The van der Waals surface area contributed by atoms with Crippen molar-refractivity contribution in [3.63, 3.8) is 0 Å². The maximum atomic E-state index is 14.1. The second kappa shape index (κ2) is 15.3. The number of amides is 2. The molecule has 4 rings (SSSR count). The predicted octanol–water partition coefficient (Wildman–Crippen LogP) is 5.99. The van der Waals surface area contributed by atoms with Crippen LogP contribution in [0.3, 0.4) is 0 Å². The summed E-state index contributed by atoms with van der Waals surface area (Å²) >= 11 is 0. The summed E-state index contributed by atoms with van der Waals surface area (Å²) in [5.41, 5.74) is 2.95. The van der Waals surface area contributed by atoms with Crippen molar-refractivity contribution in [2.45, 2.75) is 26.3 Å². The fourth-order valence-corrected chi connectivity index (χ4v) is 4.86. The first-order chi connectivity index (χ1) is 21.3. The number of halogens is 1. The first kappa shape index (κ1) is 31.7. The second-order valence-electron chi connectivity index (χ2n) is 9.97. The average Bonchev–Trinajstić information content (AvgIpc) is 3.04. The number of rotatable bonds is 14. The van der Waals surface area contributed by atoms with Gasteiger partial charge in [-0.2, -0.15) is 0 Å². The summed E-state index contributed by atoms with van der Waals surface area (Å²) in [5, 5.41) is 12.2. The van der Waals surface area contributed by atoms with Gasteiger partial charge in [-0.3, -0.25) is 14.4 Å². The van der Waals surface area contributed by atoms with Crippen LogP contribution in [0.25, 0.3) is 11.1 Å². The molecule has 0 aliphatic carbocycles. The molecule has 2 amide bonds. The number of hydrogen-bond donors (Lipinski definition) is 2. The number of carboxylic acid groups (broad SMARTS) is 1. The maximum Gasteiger partial charge on any atom is 0.305 e. The molecule has 0 bridgehead atoms. The molecule has 0 heterocycles. The minimum absolute atomic E-state index is 0.000279. The molecule has 4 aromatic rings. The highest BCUT2D eigenvalue weighted by Crippen LogP contribution is 2.30. The number of methoxy groups -OCH3 is 1. The van der Waals surface area contributed by atoms with Crippen LogP contribution in [0.5, 0.6) is 11.5 Å². The van der Waals surface area contributed by atoms with Crippen LogP contribution in [0.15, 0.2) is 91.0 Å². The molecule has 44 heavy (non-hydrogen) atoms. The highest BCUT2D eigenvalue weighted by Gasteiger charge is 2.23. The molecule has 0 unspecified atom stereocenters. The molecule has 0 fully saturated rings. The number of carbonyl (C=O) groups is 3. The Morgan fingerprint density at radius 1 is 0.841 bits per heavy atom. The van der Waals surface area contributed by atoms with Crippen LogP contribution in [0.4, 0.5) is 4.39 Å². The predicted molar refractivity (Wildman–Crippen MR) is 165 cm³/mol. The van der Waals surface area contributed by atoms with E-state index in [4.69, 9.17) is 9.47 Å². The lowest BCUT2D eigenvalue weighted by molar-refractivity contribution is -0.137. The van der Waals surface area contributed by atoms with Gasteiger partial charge in [-0.25, -0.2) is 4.39 Å². The highest BCUT2D eigenvalue weighted by atomic mass is 19.1. The number of nitrogens with zero attached hydrogens (tertiary/aromatic N) is 1. The van der Waals surface area contributed by atoms with Crippen molar-refractivity contribution in [2.75, 3.05) is 26.8 Å². The lowest BCUT2D eigenvalue weighted by Crippen LogP contribution is -2.35. The van der Waals surface area contributed by atoms with Crippen molar-refractivity contribution in [3.8, 4) is 22.6 Å². The largest absolute Gasteiger partial charge is 0.493 e. The van der Waals surface area contributed by atoms with Gasteiger partial charge in [-0.15, -0.1) is 0 Å². The Labute approximate surface area is 256 Å². The van der Waals surface area contributed by atoms with Gasteiger partial charge in [0.25, 0.3) is 11.8 Å². The van der Waals surface area contributed by atoms with Gasteiger partial charge in [0, 0.05) is 36.3 Å². The van der Waals surface area contributed by atoms with Gasteiger partial charge in [-0.1, -0.05) is 60.7 Å². The van der Waals surface area contributed by atoms with Crippen molar-refractivity contribution in [1.82, 2.24) is 10.2 Å². The van der Waals surface area contributed by atoms with Crippen molar-refractivity contribution in [3.05, 3.63) is 119 Å². The Kier molecular flexibility index (Phi) is 11.1. The summed E-state index contributed by atoms with van der Waals surface area (Å²) in [6, 6.07) is 25.6. The highest BCUT2D eigenvalue weighted by molar-refractivity contribution is 6.06. The van der Waals surface area contributed by atoms with Crippen molar-refractivity contribution in [1.29, 1.82) is 0 Å². The minimum atomic E-state index is -1.02. The molecule has 0 saturated carbocycles. The van der Waals surface area contributed by atoms with Gasteiger partial charge in [0.2, 0.25) is 0 Å². The van der Waals surface area contributed by atoms with E-state index in [1.54, 1.807) is 73.8 Å². The van der Waals surface area contributed by atoms with Gasteiger partial charge in [0.1, 0.15) is 5.82 Å². The number of aliphatic carboxylic acids is 1. The lowest BCUT2D eigenvalue weighted by atomic mass is 9.94. The molecule has 0 saturated heterocycles. The van der Waals surface area contributed by atoms with Gasteiger partial charge < -0.3 is 24.8 Å². The summed E-state index contributed by atoms with van der Waals surface area (Å²) in [4.78, 5) is 40.3. The van der Waals surface area contributed by atoms with Gasteiger partial charge >= 0.3 is 5.97 Å². The number of benzene rings is 4. The van der Waals surface area contributed by atoms with E-state index >= 15 is 0 Å². The van der Waals surface area contributed by atoms with Crippen molar-refractivity contribution < 1.29 is 33.4 Å². The summed E-state index contributed by atoms with van der Waals surface area (Å²) in [6.45, 7) is 2.63. The van der Waals surface area contributed by atoms with Gasteiger partial charge in [-0.05, 0) is 60.4 Å². The smallest absolute Gasteiger partial charge is 0.305 e. The summed E-state index contributed by atoms with van der Waals surface area (Å²) in [6.07, 6.45) is 0.223. The third-order valence-electron chi connectivity index (χ3n) is 7.10. The quantitative estimate of drug-likeness (QED) is 0.185. The van der Waals surface area contributed by atoms with E-state index < -0.39 is 17.7 Å². The van der Waals surface area contributed by atoms with Gasteiger partial charge in [0.05, 0.1) is 20.1 Å². The molecule has 0 spiro atoms. The van der Waals surface area contributed by atoms with Crippen LogP contribution in [-0.2, 0) is 17.8 Å². The average molecular weight is 599 g/mol. The Morgan fingerprint density at radius 2 is 1.50 bits per heavy atom. The topological polar surface area (TPSA) is 105 Å². The van der Waals surface area contributed by atoms with Crippen LogP contribution in [0, 0.1) is 5.82 Å². The zero-order chi connectivity index (χ0) is 31.5. The number of hydrogen-bond acceptors (Lipinski definition) is 5. The fraction of sp³-hybridized carbons (Fsp3) is 0.229. The number of ether oxygens (including phenoxy) is 2. The standard InChI is InChI=1S/C35H35FN2O6/c1-3-44-31-17-16-24(22-32(31)43-2)18-20-38(21-19-33(39)40)35(42)29-14-8-6-12-27(29)26-11-5-7-13-28(26)34(41)37-23-25-10-4-9-15-30(25)36/h4-17,22H,3,18-21,23H2,1-2H3,(H,37,41)(H,39,40). The molecule has 228 valence electrons. The number of carbonyl (C=O) groups excluding carboxylic acids is 2. The molecule has 8 nitrogen and oxygen atoms in total. The zero-order valence-electron chi connectivity index (χ0n) is 24.7. The molecule has 4 aromatic carbocycles. The lowest BCUT2D eigenvalue weighted by Gasteiger charge is -2.24. The summed E-state index contributed by atoms with van der Waals surface area (Å²) in [7, 11) is 1.55. The van der Waals surface area contributed by atoms with Crippen LogP contribution < -0.4 is 14.8 Å². The van der Waals surface area contributed by atoms with Crippen LogP contribution in [-0.4, -0.2) is 54.6 Å². The normalized spacial score (nSPS) is 10.6. The van der Waals surface area contributed by atoms with E-state index in [-0.39, 0.29) is 32.0 Å². The Balaban J connectivity index is 1.60. The molecule has 9 heteroatoms.